The molecule has 0 saturated heterocycles. The van der Waals surface area contributed by atoms with Gasteiger partial charge in [-0.2, -0.15) is 0 Å². The lowest BCUT2D eigenvalue weighted by Crippen LogP contribution is -2.16. The molecule has 0 amide bonds. The third kappa shape index (κ3) is 4.64. The van der Waals surface area contributed by atoms with Crippen LogP contribution in [0.3, 0.4) is 0 Å². The predicted molar refractivity (Wildman–Crippen MR) is 69.0 cm³/mol. The van der Waals surface area contributed by atoms with Crippen molar-refractivity contribution in [2.24, 2.45) is 0 Å². The minimum atomic E-state index is -0.110. The Balaban J connectivity index is 2.34. The molecule has 1 rings (SSSR count). The number of rotatable bonds is 5. The molecule has 1 unspecified atom stereocenters. The van der Waals surface area contributed by atoms with E-state index in [0.29, 0.717) is 6.61 Å². The average molecular weight is 318 g/mol. The van der Waals surface area contributed by atoms with E-state index in [4.69, 9.17) is 4.74 Å². The van der Waals surface area contributed by atoms with E-state index in [0.717, 1.165) is 18.4 Å². The lowest BCUT2D eigenvalue weighted by Gasteiger charge is -2.08. The molecule has 1 aromatic rings. The highest BCUT2D eigenvalue weighted by Crippen LogP contribution is 2.11. The number of hydrogen-bond donors (Lipinski definition) is 0. The van der Waals surface area contributed by atoms with Crippen LogP contribution in [0.1, 0.15) is 25.3 Å². The molecule has 0 N–H and O–H groups in total. The highest BCUT2D eigenvalue weighted by Gasteiger charge is 2.14. The van der Waals surface area contributed by atoms with E-state index >= 15 is 0 Å². The van der Waals surface area contributed by atoms with Crippen molar-refractivity contribution in [1.29, 1.82) is 0 Å². The van der Waals surface area contributed by atoms with Crippen LogP contribution in [-0.2, 0) is 16.1 Å². The van der Waals surface area contributed by atoms with E-state index in [1.165, 1.54) is 0 Å². The number of carbonyl (C=O) groups is 1. The fourth-order valence-corrected chi connectivity index (χ4v) is 1.99. The third-order valence-corrected chi connectivity index (χ3v) is 3.15. The maximum Gasteiger partial charge on any atom is 0.319 e. The Morgan fingerprint density at radius 1 is 1.40 bits per heavy atom. The minimum absolute atomic E-state index is 0.0173. The molecule has 0 aliphatic carbocycles. The molecule has 0 aliphatic heterocycles. The summed E-state index contributed by atoms with van der Waals surface area (Å²) in [5.41, 5.74) is 1.03. The molecule has 1 aromatic carbocycles. The van der Waals surface area contributed by atoms with Gasteiger partial charge in [-0.1, -0.05) is 66.3 Å². The van der Waals surface area contributed by atoms with Gasteiger partial charge in [0, 0.05) is 0 Å². The van der Waals surface area contributed by atoms with Crippen molar-refractivity contribution >= 4 is 28.6 Å². The first-order valence-corrected chi connectivity index (χ1v) is 6.33. The molecule has 1 atom stereocenters. The number of alkyl halides is 1. The van der Waals surface area contributed by atoms with E-state index in [9.17, 15) is 4.79 Å². The summed E-state index contributed by atoms with van der Waals surface area (Å²) in [7, 11) is 0. The molecule has 0 spiro atoms. The summed E-state index contributed by atoms with van der Waals surface area (Å²) in [6.07, 6.45) is 1.89. The van der Waals surface area contributed by atoms with Gasteiger partial charge in [0.2, 0.25) is 0 Å². The quantitative estimate of drug-likeness (QED) is 0.473. The SMILES string of the molecule is CCCC(I)C(=O)OCc1ccccc1. The molecule has 0 bridgehead atoms. The zero-order valence-electron chi connectivity index (χ0n) is 8.78. The van der Waals surface area contributed by atoms with Crippen molar-refractivity contribution < 1.29 is 9.53 Å². The molecule has 0 aliphatic rings. The van der Waals surface area contributed by atoms with Crippen LogP contribution in [0.15, 0.2) is 30.3 Å². The van der Waals surface area contributed by atoms with Gasteiger partial charge >= 0.3 is 5.97 Å². The fourth-order valence-electron chi connectivity index (χ4n) is 1.19. The molecule has 0 heterocycles. The zero-order valence-corrected chi connectivity index (χ0v) is 10.9. The first-order chi connectivity index (χ1) is 7.24. The van der Waals surface area contributed by atoms with Crippen LogP contribution in [-0.4, -0.2) is 9.89 Å². The Hall–Kier alpha value is -0.580. The topological polar surface area (TPSA) is 26.3 Å². The molecule has 0 aromatic heterocycles. The van der Waals surface area contributed by atoms with Gasteiger partial charge in [-0.3, -0.25) is 4.79 Å². The van der Waals surface area contributed by atoms with Gasteiger partial charge < -0.3 is 4.74 Å². The van der Waals surface area contributed by atoms with Crippen molar-refractivity contribution in [2.45, 2.75) is 30.3 Å². The van der Waals surface area contributed by atoms with E-state index in [1.807, 2.05) is 30.3 Å². The Morgan fingerprint density at radius 2 is 2.07 bits per heavy atom. The van der Waals surface area contributed by atoms with Crippen LogP contribution < -0.4 is 0 Å². The number of ether oxygens (including phenoxy) is 1. The second-order valence-corrected chi connectivity index (χ2v) is 4.85. The average Bonchev–Trinajstić information content (AvgIpc) is 2.27. The Morgan fingerprint density at radius 3 is 2.67 bits per heavy atom. The highest BCUT2D eigenvalue weighted by molar-refractivity contribution is 14.1. The van der Waals surface area contributed by atoms with Crippen LogP contribution >= 0.6 is 22.6 Å². The number of hydrogen-bond acceptors (Lipinski definition) is 2. The summed E-state index contributed by atoms with van der Waals surface area (Å²) in [6, 6.07) is 9.74. The molecule has 0 radical (unpaired) electrons. The minimum Gasteiger partial charge on any atom is -0.460 e. The molecule has 3 heteroatoms. The highest BCUT2D eigenvalue weighted by atomic mass is 127. The maximum absolute atomic E-state index is 11.5. The number of halogens is 1. The van der Waals surface area contributed by atoms with Crippen molar-refractivity contribution in [3.8, 4) is 0 Å². The van der Waals surface area contributed by atoms with Crippen LogP contribution in [0, 0.1) is 0 Å². The largest absolute Gasteiger partial charge is 0.460 e. The first-order valence-electron chi connectivity index (χ1n) is 5.08. The van der Waals surface area contributed by atoms with Crippen LogP contribution in [0.25, 0.3) is 0 Å². The summed E-state index contributed by atoms with van der Waals surface area (Å²) in [5.74, 6) is -0.110. The van der Waals surface area contributed by atoms with Crippen molar-refractivity contribution in [2.75, 3.05) is 0 Å². The van der Waals surface area contributed by atoms with E-state index in [-0.39, 0.29) is 9.89 Å². The summed E-state index contributed by atoms with van der Waals surface area (Å²) in [4.78, 5) is 11.5. The van der Waals surface area contributed by atoms with E-state index in [1.54, 1.807) is 0 Å². The molecule has 0 fully saturated rings. The van der Waals surface area contributed by atoms with Crippen LogP contribution in [0.5, 0.6) is 0 Å². The molecule has 82 valence electrons. The number of esters is 1. The second kappa shape index (κ2) is 6.82. The number of benzene rings is 1. The van der Waals surface area contributed by atoms with Gasteiger partial charge in [0.25, 0.3) is 0 Å². The van der Waals surface area contributed by atoms with Crippen molar-refractivity contribution in [3.63, 3.8) is 0 Å². The fraction of sp³-hybridized carbons (Fsp3) is 0.417. The van der Waals surface area contributed by atoms with Crippen molar-refractivity contribution in [1.82, 2.24) is 0 Å². The molecular weight excluding hydrogens is 303 g/mol. The third-order valence-electron chi connectivity index (χ3n) is 2.02. The Bertz CT molecular complexity index is 298. The first kappa shape index (κ1) is 12.5. The van der Waals surface area contributed by atoms with Gasteiger partial charge in [0.05, 0.1) is 0 Å². The standard InChI is InChI=1S/C12H15IO2/c1-2-6-11(13)12(14)15-9-10-7-4-3-5-8-10/h3-5,7-8,11H,2,6,9H2,1H3. The lowest BCUT2D eigenvalue weighted by atomic mass is 10.2. The lowest BCUT2D eigenvalue weighted by molar-refractivity contribution is -0.143. The van der Waals surface area contributed by atoms with Crippen molar-refractivity contribution in [3.05, 3.63) is 35.9 Å². The van der Waals surface area contributed by atoms with Gasteiger partial charge in [-0.25, -0.2) is 0 Å². The van der Waals surface area contributed by atoms with Crippen LogP contribution in [0.4, 0.5) is 0 Å². The van der Waals surface area contributed by atoms with Gasteiger partial charge in [0.15, 0.2) is 0 Å². The maximum atomic E-state index is 11.5. The normalized spacial score (nSPS) is 12.1. The molecule has 0 saturated carbocycles. The summed E-state index contributed by atoms with van der Waals surface area (Å²) < 4.78 is 5.18. The van der Waals surface area contributed by atoms with E-state index in [2.05, 4.69) is 29.5 Å². The zero-order chi connectivity index (χ0) is 11.1. The summed E-state index contributed by atoms with van der Waals surface area (Å²) in [5, 5.41) is 0. The van der Waals surface area contributed by atoms with Gasteiger partial charge in [-0.05, 0) is 12.0 Å². The molecular formula is C12H15IO2. The Labute approximate surface area is 104 Å². The predicted octanol–water partition coefficient (Wildman–Crippen LogP) is 3.33. The molecule has 2 nitrogen and oxygen atoms in total. The number of carbonyl (C=O) groups excluding carboxylic acids is 1. The molecule has 15 heavy (non-hydrogen) atoms. The smallest absolute Gasteiger partial charge is 0.319 e. The van der Waals surface area contributed by atoms with E-state index < -0.39 is 0 Å². The monoisotopic (exact) mass is 318 g/mol. The summed E-state index contributed by atoms with van der Waals surface area (Å²) >= 11 is 2.14. The van der Waals surface area contributed by atoms with Crippen LogP contribution in [0.2, 0.25) is 0 Å². The van der Waals surface area contributed by atoms with Gasteiger partial charge in [0.1, 0.15) is 10.5 Å². The second-order valence-electron chi connectivity index (χ2n) is 3.35. The summed E-state index contributed by atoms with van der Waals surface area (Å²) in [6.45, 7) is 2.44. The van der Waals surface area contributed by atoms with Gasteiger partial charge in [-0.15, -0.1) is 0 Å². The Kier molecular flexibility index (Phi) is 5.68.